The smallest absolute Gasteiger partial charge is 0.410 e. The molecule has 18 heavy (non-hydrogen) atoms. The lowest BCUT2D eigenvalue weighted by atomic mass is 10.2. The van der Waals surface area contributed by atoms with Crippen molar-refractivity contribution in [1.82, 2.24) is 10.5 Å². The monoisotopic (exact) mass is 264 g/mol. The summed E-state index contributed by atoms with van der Waals surface area (Å²) < 4.78 is 18.1. The van der Waals surface area contributed by atoms with Gasteiger partial charge in [0.15, 0.2) is 0 Å². The maximum absolute atomic E-state index is 12.9. The molecule has 0 aliphatic carbocycles. The Hall–Kier alpha value is -0.920. The molecular formula is C11H21FN2O4. The fourth-order valence-corrected chi connectivity index (χ4v) is 1.77. The van der Waals surface area contributed by atoms with E-state index in [1.807, 2.05) is 0 Å². The first-order chi connectivity index (χ1) is 8.37. The number of hydrogen-bond acceptors (Lipinski definition) is 5. The second-order valence-electron chi connectivity index (χ2n) is 5.20. The van der Waals surface area contributed by atoms with Gasteiger partial charge >= 0.3 is 6.09 Å². The van der Waals surface area contributed by atoms with Crippen molar-refractivity contribution in [2.45, 2.75) is 44.9 Å². The summed E-state index contributed by atoms with van der Waals surface area (Å²) in [5.74, 6) is 0. The number of hydrogen-bond donors (Lipinski definition) is 1. The highest BCUT2D eigenvalue weighted by molar-refractivity contribution is 5.69. The molecule has 1 fully saturated rings. The lowest BCUT2D eigenvalue weighted by Gasteiger charge is -2.27. The summed E-state index contributed by atoms with van der Waals surface area (Å²) in [6, 6.07) is -0.511. The highest BCUT2D eigenvalue weighted by Crippen LogP contribution is 2.23. The fraction of sp³-hybridized carbons (Fsp3) is 0.909. The Kier molecular flexibility index (Phi) is 5.30. The number of carbonyl (C=O) groups excluding carboxylic acids is 1. The van der Waals surface area contributed by atoms with Gasteiger partial charge in [-0.25, -0.2) is 9.18 Å². The Balaban J connectivity index is 2.55. The maximum atomic E-state index is 12.9. The molecule has 2 unspecified atom stereocenters. The SMILES string of the molecule is CONOC1CC(CF)N(C(=O)OC(C)(C)C)C1. The summed E-state index contributed by atoms with van der Waals surface area (Å²) in [7, 11) is 1.41. The van der Waals surface area contributed by atoms with Gasteiger partial charge in [0.25, 0.3) is 0 Å². The van der Waals surface area contributed by atoms with E-state index >= 15 is 0 Å². The molecule has 2 atom stereocenters. The number of carbonyl (C=O) groups is 1. The molecule has 1 saturated heterocycles. The van der Waals surface area contributed by atoms with E-state index in [-0.39, 0.29) is 12.6 Å². The number of likely N-dealkylation sites (tertiary alicyclic amines) is 1. The Morgan fingerprint density at radius 1 is 1.50 bits per heavy atom. The second kappa shape index (κ2) is 6.31. The van der Waals surface area contributed by atoms with E-state index in [0.717, 1.165) is 0 Å². The van der Waals surface area contributed by atoms with Gasteiger partial charge in [0.05, 0.1) is 19.7 Å². The minimum absolute atomic E-state index is 0.278. The van der Waals surface area contributed by atoms with Crippen LogP contribution in [0.4, 0.5) is 9.18 Å². The zero-order chi connectivity index (χ0) is 13.8. The molecular weight excluding hydrogens is 243 g/mol. The molecule has 1 aliphatic rings. The molecule has 6 nitrogen and oxygen atoms in total. The standard InChI is InChI=1S/C11H21FN2O4/c1-11(2,3)17-10(15)14-7-9(18-13-16-4)5-8(14)6-12/h8-9,13H,5-7H2,1-4H3. The molecule has 0 spiro atoms. The van der Waals surface area contributed by atoms with Crippen molar-refractivity contribution >= 4 is 6.09 Å². The van der Waals surface area contributed by atoms with Gasteiger partial charge < -0.3 is 4.74 Å². The topological polar surface area (TPSA) is 60.0 Å². The average Bonchev–Trinajstić information content (AvgIpc) is 2.67. The van der Waals surface area contributed by atoms with Crippen molar-refractivity contribution in [3.8, 4) is 0 Å². The second-order valence-corrected chi connectivity index (χ2v) is 5.20. The minimum Gasteiger partial charge on any atom is -0.444 e. The number of nitrogens with one attached hydrogen (secondary N) is 1. The molecule has 0 aromatic rings. The Morgan fingerprint density at radius 3 is 2.67 bits per heavy atom. The Labute approximate surface area is 106 Å². The van der Waals surface area contributed by atoms with Crippen LogP contribution in [-0.2, 0) is 14.4 Å². The van der Waals surface area contributed by atoms with E-state index in [4.69, 9.17) is 9.57 Å². The molecule has 1 amide bonds. The average molecular weight is 264 g/mol. The van der Waals surface area contributed by atoms with Crippen molar-refractivity contribution in [2.24, 2.45) is 0 Å². The van der Waals surface area contributed by atoms with Gasteiger partial charge in [0, 0.05) is 6.42 Å². The van der Waals surface area contributed by atoms with E-state index in [0.29, 0.717) is 6.42 Å². The van der Waals surface area contributed by atoms with Gasteiger partial charge in [-0.05, 0) is 20.8 Å². The molecule has 7 heteroatoms. The third-order valence-electron chi connectivity index (χ3n) is 2.48. The van der Waals surface area contributed by atoms with E-state index < -0.39 is 24.4 Å². The normalized spacial score (nSPS) is 24.4. The molecule has 0 saturated carbocycles. The molecule has 0 radical (unpaired) electrons. The Morgan fingerprint density at radius 2 is 2.17 bits per heavy atom. The summed E-state index contributed by atoms with van der Waals surface area (Å²) in [6.07, 6.45) is -0.418. The first-order valence-electron chi connectivity index (χ1n) is 5.86. The van der Waals surface area contributed by atoms with Crippen molar-refractivity contribution in [3.63, 3.8) is 0 Å². The van der Waals surface area contributed by atoms with Crippen molar-refractivity contribution in [1.29, 1.82) is 0 Å². The number of amides is 1. The highest BCUT2D eigenvalue weighted by Gasteiger charge is 2.38. The lowest BCUT2D eigenvalue weighted by molar-refractivity contribution is -0.178. The van der Waals surface area contributed by atoms with Crippen LogP contribution in [0.3, 0.4) is 0 Å². The third-order valence-corrected chi connectivity index (χ3v) is 2.48. The zero-order valence-electron chi connectivity index (χ0n) is 11.2. The van der Waals surface area contributed by atoms with Gasteiger partial charge in [-0.2, -0.15) is 0 Å². The van der Waals surface area contributed by atoms with E-state index in [2.05, 4.69) is 10.5 Å². The molecule has 1 rings (SSSR count). The number of rotatable bonds is 4. The number of nitrogens with zero attached hydrogens (tertiary/aromatic N) is 1. The summed E-state index contributed by atoms with van der Waals surface area (Å²) in [5.41, 5.74) is 1.65. The van der Waals surface area contributed by atoms with Crippen LogP contribution in [-0.4, -0.2) is 49.1 Å². The quantitative estimate of drug-likeness (QED) is 0.778. The van der Waals surface area contributed by atoms with Crippen molar-refractivity contribution < 1.29 is 23.6 Å². The van der Waals surface area contributed by atoms with Crippen LogP contribution in [0.15, 0.2) is 0 Å². The Bertz CT molecular complexity index is 283. The van der Waals surface area contributed by atoms with Crippen LogP contribution in [0.1, 0.15) is 27.2 Å². The zero-order valence-corrected chi connectivity index (χ0v) is 11.2. The van der Waals surface area contributed by atoms with E-state index in [9.17, 15) is 9.18 Å². The first-order valence-corrected chi connectivity index (χ1v) is 5.86. The summed E-state index contributed by atoms with van der Waals surface area (Å²) in [4.78, 5) is 22.9. The van der Waals surface area contributed by atoms with Crippen LogP contribution in [0.2, 0.25) is 0 Å². The largest absolute Gasteiger partial charge is 0.444 e. The summed E-state index contributed by atoms with van der Waals surface area (Å²) in [6.45, 7) is 4.97. The number of halogens is 1. The minimum atomic E-state index is -0.619. The molecule has 106 valence electrons. The van der Waals surface area contributed by atoms with Crippen LogP contribution >= 0.6 is 0 Å². The fourth-order valence-electron chi connectivity index (χ4n) is 1.77. The molecule has 1 heterocycles. The van der Waals surface area contributed by atoms with Gasteiger partial charge in [-0.1, -0.05) is 5.64 Å². The van der Waals surface area contributed by atoms with Crippen LogP contribution in [0.25, 0.3) is 0 Å². The predicted octanol–water partition coefficient (Wildman–Crippen LogP) is 1.42. The van der Waals surface area contributed by atoms with Gasteiger partial charge in [-0.15, -0.1) is 0 Å². The molecule has 0 aromatic heterocycles. The molecule has 1 N–H and O–H groups in total. The van der Waals surface area contributed by atoms with Crippen LogP contribution < -0.4 is 5.64 Å². The van der Waals surface area contributed by atoms with Crippen molar-refractivity contribution in [3.05, 3.63) is 0 Å². The molecule has 0 aromatic carbocycles. The highest BCUT2D eigenvalue weighted by atomic mass is 19.1. The molecule has 0 bridgehead atoms. The van der Waals surface area contributed by atoms with Crippen molar-refractivity contribution in [2.75, 3.05) is 20.3 Å². The van der Waals surface area contributed by atoms with Gasteiger partial charge in [-0.3, -0.25) is 14.6 Å². The van der Waals surface area contributed by atoms with Gasteiger partial charge in [0.1, 0.15) is 18.4 Å². The third kappa shape index (κ3) is 4.40. The summed E-state index contributed by atoms with van der Waals surface area (Å²) in [5, 5.41) is 0. The van der Waals surface area contributed by atoms with E-state index in [1.54, 1.807) is 20.8 Å². The van der Waals surface area contributed by atoms with Crippen LogP contribution in [0, 0.1) is 0 Å². The molecule has 1 aliphatic heterocycles. The number of alkyl halides is 1. The predicted molar refractivity (Wildman–Crippen MR) is 62.3 cm³/mol. The lowest BCUT2D eigenvalue weighted by Crippen LogP contribution is -2.41. The van der Waals surface area contributed by atoms with Crippen LogP contribution in [0.5, 0.6) is 0 Å². The number of ether oxygens (including phenoxy) is 1. The maximum Gasteiger partial charge on any atom is 0.410 e. The first kappa shape index (κ1) is 15.1. The van der Waals surface area contributed by atoms with E-state index in [1.165, 1.54) is 12.0 Å². The summed E-state index contributed by atoms with van der Waals surface area (Å²) >= 11 is 0. The van der Waals surface area contributed by atoms with Gasteiger partial charge in [0.2, 0.25) is 0 Å².